The van der Waals surface area contributed by atoms with E-state index < -0.39 is 5.97 Å². The summed E-state index contributed by atoms with van der Waals surface area (Å²) in [4.78, 5) is 12.3. The molecule has 0 aromatic heterocycles. The highest BCUT2D eigenvalue weighted by Gasteiger charge is 2.17. The number of halogens is 3. The van der Waals surface area contributed by atoms with Gasteiger partial charge in [0.15, 0.2) is 0 Å². The van der Waals surface area contributed by atoms with Crippen molar-refractivity contribution in [1.82, 2.24) is 0 Å². The van der Waals surface area contributed by atoms with Gasteiger partial charge in [-0.2, -0.15) is 10.5 Å². The number of ether oxygens (including phenoxy) is 1. The van der Waals surface area contributed by atoms with E-state index in [1.807, 2.05) is 0 Å². The topological polar surface area (TPSA) is 73.9 Å². The maximum absolute atomic E-state index is 12.3. The number of para-hydroxylation sites is 1. The molecule has 0 atom stereocenters. The molecule has 2 aromatic carbocycles. The third kappa shape index (κ3) is 4.07. The molecule has 0 radical (unpaired) electrons. The van der Waals surface area contributed by atoms with E-state index in [1.165, 1.54) is 24.3 Å². The molecule has 2 aromatic rings. The van der Waals surface area contributed by atoms with Crippen molar-refractivity contribution in [1.29, 1.82) is 10.5 Å². The highest BCUT2D eigenvalue weighted by atomic mass is 35.5. The van der Waals surface area contributed by atoms with Crippen LogP contribution in [-0.2, 0) is 0 Å². The zero-order valence-corrected chi connectivity index (χ0v) is 14.2. The third-order valence-electron chi connectivity index (χ3n) is 2.89. The molecule has 4 nitrogen and oxygen atoms in total. The highest BCUT2D eigenvalue weighted by molar-refractivity contribution is 6.44. The molecule has 2 rings (SSSR count). The molecule has 0 saturated heterocycles. The summed E-state index contributed by atoms with van der Waals surface area (Å²) in [5, 5.41) is 18.2. The van der Waals surface area contributed by atoms with Crippen LogP contribution in [0.1, 0.15) is 15.9 Å². The molecular formula is C17H7Cl3N2O2. The van der Waals surface area contributed by atoms with Crippen LogP contribution < -0.4 is 4.74 Å². The van der Waals surface area contributed by atoms with Crippen molar-refractivity contribution < 1.29 is 9.53 Å². The largest absolute Gasteiger partial charge is 0.422 e. The molecule has 0 aliphatic rings. The first kappa shape index (κ1) is 17.8. The van der Waals surface area contributed by atoms with Crippen LogP contribution >= 0.6 is 34.8 Å². The Labute approximate surface area is 153 Å². The Morgan fingerprint density at radius 3 is 2.29 bits per heavy atom. The fraction of sp³-hybridized carbons (Fsp3) is 0. The SMILES string of the molecule is N#CC(C#N)=Cc1ccccc1OC(=O)c1cc(Cl)c(Cl)cc1Cl. The fourth-order valence-corrected chi connectivity index (χ4v) is 2.40. The van der Waals surface area contributed by atoms with Crippen LogP contribution in [0.25, 0.3) is 6.08 Å². The van der Waals surface area contributed by atoms with Crippen LogP contribution in [0, 0.1) is 22.7 Å². The Hall–Kier alpha value is -2.50. The van der Waals surface area contributed by atoms with Gasteiger partial charge < -0.3 is 4.74 Å². The lowest BCUT2D eigenvalue weighted by molar-refractivity contribution is 0.0734. The molecule has 0 aliphatic heterocycles. The standard InChI is InChI=1S/C17H7Cl3N2O2/c18-13-7-15(20)14(19)6-12(13)17(23)24-16-4-2-1-3-11(16)5-10(8-21)9-22/h1-7H. The fourth-order valence-electron chi connectivity index (χ4n) is 1.77. The molecule has 24 heavy (non-hydrogen) atoms. The van der Waals surface area contributed by atoms with Crippen molar-refractivity contribution in [2.24, 2.45) is 0 Å². The summed E-state index contributed by atoms with van der Waals surface area (Å²) in [6.45, 7) is 0. The molecule has 0 saturated carbocycles. The highest BCUT2D eigenvalue weighted by Crippen LogP contribution is 2.30. The molecule has 0 aliphatic carbocycles. The van der Waals surface area contributed by atoms with E-state index in [0.29, 0.717) is 5.56 Å². The summed E-state index contributed by atoms with van der Waals surface area (Å²) in [7, 11) is 0. The summed E-state index contributed by atoms with van der Waals surface area (Å²) in [5.41, 5.74) is 0.330. The minimum atomic E-state index is -0.741. The average Bonchev–Trinajstić information content (AvgIpc) is 2.57. The van der Waals surface area contributed by atoms with Gasteiger partial charge in [0.2, 0.25) is 0 Å². The number of carbonyl (C=O) groups excluding carboxylic acids is 1. The van der Waals surface area contributed by atoms with Crippen LogP contribution in [0.2, 0.25) is 15.1 Å². The van der Waals surface area contributed by atoms with E-state index in [9.17, 15) is 4.79 Å². The van der Waals surface area contributed by atoms with Crippen LogP contribution in [0.4, 0.5) is 0 Å². The Balaban J connectivity index is 2.38. The van der Waals surface area contributed by atoms with Gasteiger partial charge in [-0.3, -0.25) is 0 Å². The first-order valence-corrected chi connectivity index (χ1v) is 7.57. The third-order valence-corrected chi connectivity index (χ3v) is 3.93. The number of rotatable bonds is 3. The van der Waals surface area contributed by atoms with Crippen molar-refractivity contribution in [3.63, 3.8) is 0 Å². The molecule has 0 heterocycles. The Morgan fingerprint density at radius 2 is 1.62 bits per heavy atom. The van der Waals surface area contributed by atoms with E-state index in [-0.39, 0.29) is 32.0 Å². The number of hydrogen-bond acceptors (Lipinski definition) is 4. The van der Waals surface area contributed by atoms with Gasteiger partial charge in [0.25, 0.3) is 0 Å². The smallest absolute Gasteiger partial charge is 0.345 e. The Morgan fingerprint density at radius 1 is 1.00 bits per heavy atom. The second-order valence-electron chi connectivity index (χ2n) is 4.46. The minimum Gasteiger partial charge on any atom is -0.422 e. The van der Waals surface area contributed by atoms with Crippen molar-refractivity contribution in [2.75, 3.05) is 0 Å². The van der Waals surface area contributed by atoms with Gasteiger partial charge >= 0.3 is 5.97 Å². The number of benzene rings is 2. The summed E-state index contributed by atoms with van der Waals surface area (Å²) < 4.78 is 5.31. The van der Waals surface area contributed by atoms with Crippen molar-refractivity contribution >= 4 is 46.8 Å². The van der Waals surface area contributed by atoms with Crippen LogP contribution in [-0.4, -0.2) is 5.97 Å². The summed E-state index contributed by atoms with van der Waals surface area (Å²) in [5.74, 6) is -0.567. The lowest BCUT2D eigenvalue weighted by atomic mass is 10.1. The lowest BCUT2D eigenvalue weighted by Crippen LogP contribution is -2.10. The van der Waals surface area contributed by atoms with Crippen LogP contribution in [0.3, 0.4) is 0 Å². The second kappa shape index (κ2) is 7.86. The lowest BCUT2D eigenvalue weighted by Gasteiger charge is -2.09. The molecular weight excluding hydrogens is 371 g/mol. The first-order chi connectivity index (χ1) is 11.5. The van der Waals surface area contributed by atoms with Gasteiger partial charge in [-0.1, -0.05) is 53.0 Å². The normalized spacial score (nSPS) is 9.54. The molecule has 118 valence electrons. The predicted octanol–water partition coefficient (Wildman–Crippen LogP) is 5.30. The van der Waals surface area contributed by atoms with E-state index in [4.69, 9.17) is 50.1 Å². The second-order valence-corrected chi connectivity index (χ2v) is 5.68. The number of carbonyl (C=O) groups is 1. The summed E-state index contributed by atoms with van der Waals surface area (Å²) in [6, 6.07) is 12.6. The average molecular weight is 378 g/mol. The Bertz CT molecular complexity index is 908. The van der Waals surface area contributed by atoms with E-state index in [2.05, 4.69) is 0 Å². The Kier molecular flexibility index (Phi) is 5.84. The summed E-state index contributed by atoms with van der Waals surface area (Å²) >= 11 is 17.7. The van der Waals surface area contributed by atoms with Gasteiger partial charge in [-0.05, 0) is 24.3 Å². The van der Waals surface area contributed by atoms with Gasteiger partial charge in [0.05, 0.1) is 20.6 Å². The van der Waals surface area contributed by atoms with Crippen LogP contribution in [0.5, 0.6) is 5.75 Å². The number of allylic oxidation sites excluding steroid dienone is 1. The molecule has 7 heteroatoms. The monoisotopic (exact) mass is 376 g/mol. The van der Waals surface area contributed by atoms with E-state index in [0.717, 1.165) is 0 Å². The number of nitrogens with zero attached hydrogens (tertiary/aromatic N) is 2. The quantitative estimate of drug-likeness (QED) is 0.315. The van der Waals surface area contributed by atoms with Gasteiger partial charge in [-0.25, -0.2) is 4.79 Å². The molecule has 0 spiro atoms. The molecule has 0 unspecified atom stereocenters. The maximum Gasteiger partial charge on any atom is 0.345 e. The van der Waals surface area contributed by atoms with Crippen LogP contribution in [0.15, 0.2) is 42.0 Å². The van der Waals surface area contributed by atoms with Crippen molar-refractivity contribution in [3.05, 3.63) is 68.2 Å². The summed E-state index contributed by atoms with van der Waals surface area (Å²) in [6.07, 6.45) is 1.32. The first-order valence-electron chi connectivity index (χ1n) is 6.44. The zero-order chi connectivity index (χ0) is 17.7. The molecule has 0 bridgehead atoms. The van der Waals surface area contributed by atoms with Gasteiger partial charge in [0.1, 0.15) is 23.5 Å². The number of nitriles is 2. The minimum absolute atomic E-state index is 0.0469. The van der Waals surface area contributed by atoms with Crippen molar-refractivity contribution in [3.8, 4) is 17.9 Å². The number of esters is 1. The zero-order valence-electron chi connectivity index (χ0n) is 11.9. The van der Waals surface area contributed by atoms with Gasteiger partial charge in [0, 0.05) is 5.56 Å². The molecule has 0 fully saturated rings. The van der Waals surface area contributed by atoms with E-state index >= 15 is 0 Å². The van der Waals surface area contributed by atoms with Crippen molar-refractivity contribution in [2.45, 2.75) is 0 Å². The molecule has 0 N–H and O–H groups in total. The maximum atomic E-state index is 12.3. The number of hydrogen-bond donors (Lipinski definition) is 0. The molecule has 0 amide bonds. The van der Waals surface area contributed by atoms with Gasteiger partial charge in [-0.15, -0.1) is 0 Å². The van der Waals surface area contributed by atoms with E-state index in [1.54, 1.807) is 30.3 Å². The predicted molar refractivity (Wildman–Crippen MR) is 92.1 cm³/mol.